The molecular formula is C14H20N6S. The highest BCUT2D eigenvalue weighted by molar-refractivity contribution is 7.99. The van der Waals surface area contributed by atoms with E-state index in [1.807, 2.05) is 12.1 Å². The van der Waals surface area contributed by atoms with Gasteiger partial charge in [-0.1, -0.05) is 19.9 Å². The summed E-state index contributed by atoms with van der Waals surface area (Å²) in [5.74, 6) is 1.33. The minimum absolute atomic E-state index is 0.361. The molecule has 6 nitrogen and oxygen atoms in total. The van der Waals surface area contributed by atoms with Crippen molar-refractivity contribution in [1.82, 2.24) is 20.3 Å². The number of anilines is 2. The topological polar surface area (TPSA) is 103 Å². The SMILES string of the molecule is CC(C)CNCc1cccnc1Sc1nc(N)cc(N)n1. The quantitative estimate of drug-likeness (QED) is 0.701. The number of pyridine rings is 1. The predicted molar refractivity (Wildman–Crippen MR) is 85.8 cm³/mol. The molecule has 2 aromatic rings. The van der Waals surface area contributed by atoms with Gasteiger partial charge in [-0.05, 0) is 35.9 Å². The number of hydrogen-bond acceptors (Lipinski definition) is 7. The molecule has 0 atom stereocenters. The van der Waals surface area contributed by atoms with Crippen LogP contribution in [0.2, 0.25) is 0 Å². The summed E-state index contributed by atoms with van der Waals surface area (Å²) in [6.45, 7) is 6.07. The summed E-state index contributed by atoms with van der Waals surface area (Å²) in [5.41, 5.74) is 12.5. The average molecular weight is 304 g/mol. The number of nitrogens with zero attached hydrogens (tertiary/aromatic N) is 3. The Morgan fingerprint density at radius 1 is 1.24 bits per heavy atom. The summed E-state index contributed by atoms with van der Waals surface area (Å²) in [4.78, 5) is 12.7. The largest absolute Gasteiger partial charge is 0.383 e. The zero-order valence-electron chi connectivity index (χ0n) is 12.2. The Morgan fingerprint density at radius 3 is 2.62 bits per heavy atom. The molecule has 0 aliphatic rings. The number of nitrogens with one attached hydrogen (secondary N) is 1. The van der Waals surface area contributed by atoms with Crippen LogP contribution in [-0.2, 0) is 6.54 Å². The minimum Gasteiger partial charge on any atom is -0.383 e. The zero-order valence-corrected chi connectivity index (χ0v) is 13.0. The van der Waals surface area contributed by atoms with E-state index in [-0.39, 0.29) is 0 Å². The van der Waals surface area contributed by atoms with E-state index in [0.717, 1.165) is 23.7 Å². The molecule has 0 unspecified atom stereocenters. The predicted octanol–water partition coefficient (Wildman–Crippen LogP) is 1.93. The monoisotopic (exact) mass is 304 g/mol. The first kappa shape index (κ1) is 15.5. The maximum atomic E-state index is 5.69. The van der Waals surface area contributed by atoms with Gasteiger partial charge in [0.15, 0.2) is 5.16 Å². The molecule has 0 bridgehead atoms. The summed E-state index contributed by atoms with van der Waals surface area (Å²) >= 11 is 1.37. The Morgan fingerprint density at radius 2 is 1.95 bits per heavy atom. The van der Waals surface area contributed by atoms with E-state index < -0.39 is 0 Å². The van der Waals surface area contributed by atoms with Gasteiger partial charge in [0.05, 0.1) is 0 Å². The molecule has 0 aliphatic carbocycles. The Kier molecular flexibility index (Phi) is 5.35. The number of nitrogen functional groups attached to an aromatic ring is 2. The molecule has 0 saturated heterocycles. The van der Waals surface area contributed by atoms with Crippen LogP contribution in [0.3, 0.4) is 0 Å². The molecule has 0 fully saturated rings. The van der Waals surface area contributed by atoms with Gasteiger partial charge in [-0.15, -0.1) is 0 Å². The first-order valence-electron chi connectivity index (χ1n) is 6.77. The number of rotatable bonds is 6. The smallest absolute Gasteiger partial charge is 0.197 e. The lowest BCUT2D eigenvalue weighted by atomic mass is 10.2. The van der Waals surface area contributed by atoms with Crippen molar-refractivity contribution in [3.8, 4) is 0 Å². The van der Waals surface area contributed by atoms with Gasteiger partial charge in [-0.2, -0.15) is 0 Å². The third kappa shape index (κ3) is 4.87. The first-order chi connectivity index (χ1) is 10.0. The highest BCUT2D eigenvalue weighted by Gasteiger charge is 2.09. The maximum absolute atomic E-state index is 5.69. The van der Waals surface area contributed by atoms with Crippen molar-refractivity contribution in [3.63, 3.8) is 0 Å². The van der Waals surface area contributed by atoms with Crippen molar-refractivity contribution in [2.75, 3.05) is 18.0 Å². The minimum atomic E-state index is 0.361. The van der Waals surface area contributed by atoms with Gasteiger partial charge >= 0.3 is 0 Å². The zero-order chi connectivity index (χ0) is 15.2. The van der Waals surface area contributed by atoms with Gasteiger partial charge < -0.3 is 16.8 Å². The maximum Gasteiger partial charge on any atom is 0.197 e. The summed E-state index contributed by atoms with van der Waals surface area (Å²) < 4.78 is 0. The molecule has 2 heterocycles. The van der Waals surface area contributed by atoms with Gasteiger partial charge in [-0.25, -0.2) is 15.0 Å². The van der Waals surface area contributed by atoms with E-state index in [9.17, 15) is 0 Å². The van der Waals surface area contributed by atoms with Crippen molar-refractivity contribution in [1.29, 1.82) is 0 Å². The van der Waals surface area contributed by atoms with Crippen LogP contribution in [0.5, 0.6) is 0 Å². The molecule has 2 aromatic heterocycles. The lowest BCUT2D eigenvalue weighted by molar-refractivity contribution is 0.549. The molecule has 0 aromatic carbocycles. The molecule has 21 heavy (non-hydrogen) atoms. The van der Waals surface area contributed by atoms with Crippen LogP contribution in [-0.4, -0.2) is 21.5 Å². The van der Waals surface area contributed by atoms with Crippen molar-refractivity contribution >= 4 is 23.4 Å². The van der Waals surface area contributed by atoms with Gasteiger partial charge in [0.25, 0.3) is 0 Å². The molecule has 0 radical (unpaired) electrons. The van der Waals surface area contributed by atoms with Crippen LogP contribution >= 0.6 is 11.8 Å². The van der Waals surface area contributed by atoms with Crippen LogP contribution in [0, 0.1) is 5.92 Å². The molecule has 7 heteroatoms. The Bertz CT molecular complexity index is 582. The van der Waals surface area contributed by atoms with E-state index in [4.69, 9.17) is 11.5 Å². The molecule has 0 aliphatic heterocycles. The summed E-state index contributed by atoms with van der Waals surface area (Å²) in [5, 5.41) is 4.78. The third-order valence-electron chi connectivity index (χ3n) is 2.65. The highest BCUT2D eigenvalue weighted by atomic mass is 32.2. The summed E-state index contributed by atoms with van der Waals surface area (Å²) in [6, 6.07) is 5.50. The van der Waals surface area contributed by atoms with E-state index in [1.165, 1.54) is 17.8 Å². The van der Waals surface area contributed by atoms with E-state index in [2.05, 4.69) is 34.1 Å². The Hall–Kier alpha value is -1.86. The van der Waals surface area contributed by atoms with Gasteiger partial charge in [0.2, 0.25) is 0 Å². The Labute approximate surface area is 128 Å². The van der Waals surface area contributed by atoms with Crippen LogP contribution in [0.25, 0.3) is 0 Å². The fourth-order valence-corrected chi connectivity index (χ4v) is 2.60. The standard InChI is InChI=1S/C14H20N6S/c1-9(2)7-17-8-10-4-3-5-18-13(10)21-14-19-11(15)6-12(16)20-14/h3-6,9,17H,7-8H2,1-2H3,(H4,15,16,19,20). The molecule has 112 valence electrons. The second-order valence-electron chi connectivity index (χ2n) is 5.09. The van der Waals surface area contributed by atoms with E-state index in [0.29, 0.717) is 22.7 Å². The molecule has 0 amide bonds. The summed E-state index contributed by atoms with van der Waals surface area (Å²) in [7, 11) is 0. The molecule has 2 rings (SSSR count). The fraction of sp³-hybridized carbons (Fsp3) is 0.357. The lowest BCUT2D eigenvalue weighted by Gasteiger charge is -2.10. The molecule has 0 saturated carbocycles. The third-order valence-corrected chi connectivity index (χ3v) is 3.58. The second-order valence-corrected chi connectivity index (χ2v) is 6.05. The van der Waals surface area contributed by atoms with Gasteiger partial charge in [0, 0.05) is 18.8 Å². The summed E-state index contributed by atoms with van der Waals surface area (Å²) in [6.07, 6.45) is 1.75. The first-order valence-corrected chi connectivity index (χ1v) is 7.58. The van der Waals surface area contributed by atoms with Crippen molar-refractivity contribution in [2.24, 2.45) is 5.92 Å². The van der Waals surface area contributed by atoms with Gasteiger partial charge in [0.1, 0.15) is 16.7 Å². The average Bonchev–Trinajstić information content (AvgIpc) is 2.39. The van der Waals surface area contributed by atoms with Crippen molar-refractivity contribution < 1.29 is 0 Å². The van der Waals surface area contributed by atoms with Crippen LogP contribution in [0.15, 0.2) is 34.6 Å². The highest BCUT2D eigenvalue weighted by Crippen LogP contribution is 2.27. The molecule has 5 N–H and O–H groups in total. The van der Waals surface area contributed by atoms with E-state index in [1.54, 1.807) is 6.20 Å². The fourth-order valence-electron chi connectivity index (χ4n) is 1.74. The number of aromatic nitrogens is 3. The van der Waals surface area contributed by atoms with Crippen molar-refractivity contribution in [3.05, 3.63) is 30.0 Å². The van der Waals surface area contributed by atoms with Crippen molar-refractivity contribution in [2.45, 2.75) is 30.6 Å². The normalized spacial score (nSPS) is 11.0. The van der Waals surface area contributed by atoms with Crippen LogP contribution < -0.4 is 16.8 Å². The number of hydrogen-bond donors (Lipinski definition) is 3. The molecule has 0 spiro atoms. The van der Waals surface area contributed by atoms with Crippen LogP contribution in [0.1, 0.15) is 19.4 Å². The van der Waals surface area contributed by atoms with E-state index >= 15 is 0 Å². The van der Waals surface area contributed by atoms with Crippen LogP contribution in [0.4, 0.5) is 11.6 Å². The lowest BCUT2D eigenvalue weighted by Crippen LogP contribution is -2.19. The molecular weight excluding hydrogens is 284 g/mol. The Balaban J connectivity index is 2.12. The van der Waals surface area contributed by atoms with Gasteiger partial charge in [-0.3, -0.25) is 0 Å². The second kappa shape index (κ2) is 7.24. The number of nitrogens with two attached hydrogens (primary N) is 2.